The SMILES string of the molecule is C.C.Cc1nc(Nc2ccc(C(C)C)cc2)sc1C.Cc1nc(Nc2ccc(C(C)Cl)cc2)sc1C.O=S(Cl)Cl. The Labute approximate surface area is 265 Å². The molecular formula is C29H41Cl3N4OS3. The first-order valence-corrected chi connectivity index (χ1v) is 16.7. The van der Waals surface area contributed by atoms with Crippen LogP contribution in [0.15, 0.2) is 48.5 Å². The second-order valence-corrected chi connectivity index (χ2v) is 14.4. The Kier molecular flexibility index (Phi) is 17.9. The minimum atomic E-state index is -1.67. The Balaban J connectivity index is 0.000000643. The van der Waals surface area contributed by atoms with Crippen LogP contribution in [0.1, 0.15) is 79.2 Å². The van der Waals surface area contributed by atoms with Gasteiger partial charge in [0.05, 0.1) is 16.8 Å². The van der Waals surface area contributed by atoms with E-state index in [1.165, 1.54) is 15.3 Å². The molecule has 0 saturated carbocycles. The smallest absolute Gasteiger partial charge is 0.211 e. The van der Waals surface area contributed by atoms with Gasteiger partial charge in [-0.1, -0.05) is 53.0 Å². The van der Waals surface area contributed by atoms with Crippen molar-refractivity contribution in [2.45, 2.75) is 74.6 Å². The van der Waals surface area contributed by atoms with Crippen LogP contribution in [-0.2, 0) is 9.23 Å². The van der Waals surface area contributed by atoms with Crippen molar-refractivity contribution >= 4 is 86.5 Å². The second-order valence-electron chi connectivity index (χ2n) is 8.77. The van der Waals surface area contributed by atoms with Crippen LogP contribution in [0, 0.1) is 27.7 Å². The van der Waals surface area contributed by atoms with Gasteiger partial charge >= 0.3 is 0 Å². The number of aromatic nitrogens is 2. The average molecular weight is 664 g/mol. The highest BCUT2D eigenvalue weighted by Crippen LogP contribution is 2.27. The van der Waals surface area contributed by atoms with Gasteiger partial charge in [0.1, 0.15) is 0 Å². The Bertz CT molecular complexity index is 1170. The summed E-state index contributed by atoms with van der Waals surface area (Å²) in [5.41, 5.74) is 6.83. The molecule has 2 N–H and O–H groups in total. The third kappa shape index (κ3) is 13.3. The summed E-state index contributed by atoms with van der Waals surface area (Å²) in [7, 11) is 7.36. The van der Waals surface area contributed by atoms with E-state index in [4.69, 9.17) is 15.8 Å². The van der Waals surface area contributed by atoms with Crippen molar-refractivity contribution in [1.82, 2.24) is 9.97 Å². The van der Waals surface area contributed by atoms with E-state index in [9.17, 15) is 0 Å². The van der Waals surface area contributed by atoms with Crippen LogP contribution in [0.4, 0.5) is 21.6 Å². The molecule has 0 bridgehead atoms. The van der Waals surface area contributed by atoms with Crippen molar-refractivity contribution in [3.8, 4) is 0 Å². The molecule has 40 heavy (non-hydrogen) atoms. The Morgan fingerprint density at radius 1 is 0.700 bits per heavy atom. The fourth-order valence-corrected chi connectivity index (χ4v) is 4.90. The predicted octanol–water partition coefficient (Wildman–Crippen LogP) is 11.7. The molecular weight excluding hydrogens is 623 g/mol. The second kappa shape index (κ2) is 18.7. The zero-order valence-corrected chi connectivity index (χ0v) is 27.2. The molecule has 2 aromatic carbocycles. The molecule has 4 rings (SSSR count). The van der Waals surface area contributed by atoms with Crippen LogP contribution in [0.25, 0.3) is 0 Å². The summed E-state index contributed by atoms with van der Waals surface area (Å²) in [6, 6.07) is 16.7. The summed E-state index contributed by atoms with van der Waals surface area (Å²) >= 11 is 9.38. The van der Waals surface area contributed by atoms with Gasteiger partial charge in [-0.3, -0.25) is 0 Å². The number of anilines is 4. The highest BCUT2D eigenvalue weighted by atomic mass is 36.0. The van der Waals surface area contributed by atoms with Crippen molar-refractivity contribution in [2.24, 2.45) is 0 Å². The lowest BCUT2D eigenvalue weighted by Crippen LogP contribution is -1.91. The topological polar surface area (TPSA) is 66.9 Å². The maximum Gasteiger partial charge on any atom is 0.211 e. The Hall–Kier alpha value is -1.68. The van der Waals surface area contributed by atoms with E-state index < -0.39 is 9.23 Å². The third-order valence-electron chi connectivity index (χ3n) is 5.51. The van der Waals surface area contributed by atoms with Crippen LogP contribution in [0.3, 0.4) is 0 Å². The quantitative estimate of drug-likeness (QED) is 0.159. The van der Waals surface area contributed by atoms with Gasteiger partial charge in [-0.25, -0.2) is 14.2 Å². The van der Waals surface area contributed by atoms with Crippen molar-refractivity contribution in [3.63, 3.8) is 0 Å². The number of hydrogen-bond acceptors (Lipinski definition) is 7. The van der Waals surface area contributed by atoms with E-state index >= 15 is 0 Å². The van der Waals surface area contributed by atoms with E-state index in [1.54, 1.807) is 22.7 Å². The number of alkyl halides is 1. The highest BCUT2D eigenvalue weighted by molar-refractivity contribution is 8.26. The zero-order valence-electron chi connectivity index (χ0n) is 22.4. The number of nitrogens with one attached hydrogen (secondary N) is 2. The molecule has 0 spiro atoms. The van der Waals surface area contributed by atoms with Crippen LogP contribution >= 0.6 is 55.6 Å². The van der Waals surface area contributed by atoms with Gasteiger partial charge in [0.25, 0.3) is 0 Å². The number of halogens is 3. The molecule has 4 aromatic rings. The molecule has 0 amide bonds. The van der Waals surface area contributed by atoms with Gasteiger partial charge in [-0.15, -0.1) is 34.3 Å². The molecule has 2 heterocycles. The lowest BCUT2D eigenvalue weighted by molar-refractivity contribution is 0.698. The fourth-order valence-electron chi connectivity index (χ4n) is 3.08. The van der Waals surface area contributed by atoms with Crippen molar-refractivity contribution in [2.75, 3.05) is 10.6 Å². The van der Waals surface area contributed by atoms with Gasteiger partial charge in [0.15, 0.2) is 10.3 Å². The molecule has 0 radical (unpaired) electrons. The summed E-state index contributed by atoms with van der Waals surface area (Å²) in [6.07, 6.45) is 0. The Morgan fingerprint density at radius 3 is 1.27 bits per heavy atom. The molecule has 0 saturated heterocycles. The van der Waals surface area contributed by atoms with Gasteiger partial charge in [0.2, 0.25) is 9.23 Å². The molecule has 0 aliphatic carbocycles. The maximum absolute atomic E-state index is 9.09. The van der Waals surface area contributed by atoms with E-state index in [2.05, 4.69) is 93.9 Å². The van der Waals surface area contributed by atoms with Gasteiger partial charge in [-0.05, 0) is 75.9 Å². The molecule has 1 atom stereocenters. The largest absolute Gasteiger partial charge is 0.332 e. The first-order chi connectivity index (χ1) is 17.8. The molecule has 11 heteroatoms. The maximum atomic E-state index is 9.09. The third-order valence-corrected chi connectivity index (χ3v) is 7.74. The van der Waals surface area contributed by atoms with Gasteiger partial charge in [-0.2, -0.15) is 0 Å². The van der Waals surface area contributed by atoms with Crippen LogP contribution in [-0.4, -0.2) is 14.2 Å². The summed E-state index contributed by atoms with van der Waals surface area (Å²) < 4.78 is 9.09. The number of thiazole rings is 2. The van der Waals surface area contributed by atoms with Crippen molar-refractivity contribution in [3.05, 3.63) is 80.8 Å². The van der Waals surface area contributed by atoms with E-state index in [1.807, 2.05) is 45.0 Å². The molecule has 0 aliphatic rings. The average Bonchev–Trinajstić information content (AvgIpc) is 3.33. The standard InChI is InChI=1S/C14H18N2S.C13H15ClN2S.2CH4.Cl2OS/c1-9(2)12-5-7-13(8-6-12)16-14-15-10(3)11(4)17-14;1-8(14)11-4-6-12(7-5-11)16-13-15-9(2)10(3)17-13;;;1-4(2)3/h5-9H,1-4H3,(H,15,16);4-8H,1-3H3,(H,15,16);2*1H4;. The van der Waals surface area contributed by atoms with Gasteiger partial charge < -0.3 is 10.6 Å². The van der Waals surface area contributed by atoms with Crippen LogP contribution in [0.5, 0.6) is 0 Å². The lowest BCUT2D eigenvalue weighted by Gasteiger charge is -2.07. The summed E-state index contributed by atoms with van der Waals surface area (Å²) in [5.74, 6) is 0.577. The number of rotatable bonds is 6. The van der Waals surface area contributed by atoms with Crippen LogP contribution in [0.2, 0.25) is 0 Å². The summed E-state index contributed by atoms with van der Waals surface area (Å²) in [4.78, 5) is 11.4. The van der Waals surface area contributed by atoms with Crippen molar-refractivity contribution < 1.29 is 4.21 Å². The first kappa shape index (κ1) is 38.3. The number of benzene rings is 2. The van der Waals surface area contributed by atoms with Gasteiger partial charge in [0, 0.05) is 42.5 Å². The summed E-state index contributed by atoms with van der Waals surface area (Å²) in [5, 5.41) is 8.59. The molecule has 5 nitrogen and oxygen atoms in total. The number of hydrogen-bond donors (Lipinski definition) is 2. The number of nitrogens with zero attached hydrogens (tertiary/aromatic N) is 2. The molecule has 0 aliphatic heterocycles. The molecule has 2 aromatic heterocycles. The monoisotopic (exact) mass is 662 g/mol. The molecule has 222 valence electrons. The fraction of sp³-hybridized carbons (Fsp3) is 0.379. The first-order valence-electron chi connectivity index (χ1n) is 11.9. The normalized spacial score (nSPS) is 10.8. The number of aryl methyl sites for hydroxylation is 4. The molecule has 1 unspecified atom stereocenters. The van der Waals surface area contributed by atoms with Crippen LogP contribution < -0.4 is 10.6 Å². The Morgan fingerprint density at radius 2 is 1.02 bits per heavy atom. The highest BCUT2D eigenvalue weighted by Gasteiger charge is 2.06. The minimum Gasteiger partial charge on any atom is -0.332 e. The minimum absolute atomic E-state index is 0. The van der Waals surface area contributed by atoms with Crippen molar-refractivity contribution in [1.29, 1.82) is 0 Å². The van der Waals surface area contributed by atoms with E-state index in [0.717, 1.165) is 38.6 Å². The predicted molar refractivity (Wildman–Crippen MR) is 184 cm³/mol. The van der Waals surface area contributed by atoms with E-state index in [0.29, 0.717) is 5.92 Å². The molecule has 0 fully saturated rings. The van der Waals surface area contributed by atoms with E-state index in [-0.39, 0.29) is 20.2 Å². The lowest BCUT2D eigenvalue weighted by atomic mass is 10.0. The summed E-state index contributed by atoms with van der Waals surface area (Å²) in [6.45, 7) is 14.6. The zero-order chi connectivity index (χ0) is 28.4.